The predicted octanol–water partition coefficient (Wildman–Crippen LogP) is 2.19. The van der Waals surface area contributed by atoms with Crippen LogP contribution in [0.2, 0.25) is 0 Å². The van der Waals surface area contributed by atoms with Gasteiger partial charge in [0.05, 0.1) is 0 Å². The number of benzene rings is 1. The van der Waals surface area contributed by atoms with Crippen LogP contribution in [0.4, 0.5) is 0 Å². The largest absolute Gasteiger partial charge is 0.114 e. The highest BCUT2D eigenvalue weighted by atomic mass is 28.2. The van der Waals surface area contributed by atoms with Crippen molar-refractivity contribution in [3.05, 3.63) is 46.8 Å². The van der Waals surface area contributed by atoms with Crippen LogP contribution < -0.4 is 10.4 Å². The smallest absolute Gasteiger partial charge is 0.0927 e. The second kappa shape index (κ2) is 6.66. The standard InChI is InChI=1S/C14H18Si2/c1-5-11(3)15-13-9-7-8-10-14(13)16-12(4)6-2/h5-10H,1-4H3. The van der Waals surface area contributed by atoms with Gasteiger partial charge in [-0.25, -0.2) is 0 Å². The molecule has 16 heavy (non-hydrogen) atoms. The van der Waals surface area contributed by atoms with Gasteiger partial charge in [0.1, 0.15) is 19.0 Å². The first kappa shape index (κ1) is 13.2. The molecule has 82 valence electrons. The number of hydrogen-bond donors (Lipinski definition) is 0. The fraction of sp³-hybridized carbons (Fsp3) is 0.286. The monoisotopic (exact) mass is 242 g/mol. The highest BCUT2D eigenvalue weighted by Crippen LogP contribution is 1.92. The molecule has 2 heteroatoms. The van der Waals surface area contributed by atoms with Crippen LogP contribution in [0.15, 0.2) is 46.8 Å². The first-order chi connectivity index (χ1) is 7.67. The summed E-state index contributed by atoms with van der Waals surface area (Å²) in [5, 5.41) is 5.93. The Morgan fingerprint density at radius 3 is 1.56 bits per heavy atom. The van der Waals surface area contributed by atoms with Gasteiger partial charge in [0.15, 0.2) is 0 Å². The average Bonchev–Trinajstić information content (AvgIpc) is 2.31. The summed E-state index contributed by atoms with van der Waals surface area (Å²) in [5.41, 5.74) is 0. The third-order valence-corrected chi connectivity index (χ3v) is 5.48. The van der Waals surface area contributed by atoms with E-state index in [2.05, 4.69) is 64.1 Å². The molecule has 4 radical (unpaired) electrons. The Hall–Kier alpha value is -0.866. The van der Waals surface area contributed by atoms with Crippen molar-refractivity contribution < 1.29 is 0 Å². The van der Waals surface area contributed by atoms with Gasteiger partial charge in [0, 0.05) is 0 Å². The molecule has 0 aliphatic heterocycles. The number of hydrogen-bond acceptors (Lipinski definition) is 0. The maximum atomic E-state index is 2.26. The maximum absolute atomic E-state index is 2.26. The van der Waals surface area contributed by atoms with E-state index in [0.717, 1.165) is 19.0 Å². The van der Waals surface area contributed by atoms with Crippen LogP contribution in [-0.4, -0.2) is 19.0 Å². The van der Waals surface area contributed by atoms with Crippen molar-refractivity contribution in [1.82, 2.24) is 0 Å². The zero-order valence-electron chi connectivity index (χ0n) is 10.5. The lowest BCUT2D eigenvalue weighted by Gasteiger charge is -2.08. The van der Waals surface area contributed by atoms with Crippen LogP contribution in [-0.2, 0) is 0 Å². The predicted molar refractivity (Wildman–Crippen MR) is 76.1 cm³/mol. The molecule has 0 spiro atoms. The molecule has 0 bridgehead atoms. The molecule has 0 aliphatic carbocycles. The highest BCUT2D eigenvalue weighted by Gasteiger charge is 2.04. The van der Waals surface area contributed by atoms with Crippen molar-refractivity contribution in [1.29, 1.82) is 0 Å². The molecule has 0 fully saturated rings. The summed E-state index contributed by atoms with van der Waals surface area (Å²) < 4.78 is 0. The molecule has 0 saturated carbocycles. The Balaban J connectivity index is 2.92. The third kappa shape index (κ3) is 3.95. The molecule has 0 heterocycles. The van der Waals surface area contributed by atoms with E-state index in [4.69, 9.17) is 0 Å². The van der Waals surface area contributed by atoms with E-state index in [0.29, 0.717) is 0 Å². The van der Waals surface area contributed by atoms with Gasteiger partial charge >= 0.3 is 0 Å². The van der Waals surface area contributed by atoms with Gasteiger partial charge < -0.3 is 0 Å². The second-order valence-corrected chi connectivity index (χ2v) is 6.89. The molecule has 0 atom stereocenters. The SMILES string of the molecule is CC=C(C)[Si]c1ccccc1[Si]C(C)=CC. The van der Waals surface area contributed by atoms with Crippen LogP contribution >= 0.6 is 0 Å². The van der Waals surface area contributed by atoms with Gasteiger partial charge in [-0.1, -0.05) is 57.2 Å². The normalized spacial score (nSPS) is 13.0. The summed E-state index contributed by atoms with van der Waals surface area (Å²) in [4.78, 5) is 0. The van der Waals surface area contributed by atoms with E-state index < -0.39 is 0 Å². The summed E-state index contributed by atoms with van der Waals surface area (Å²) in [6, 6.07) is 8.81. The van der Waals surface area contributed by atoms with Gasteiger partial charge in [-0.3, -0.25) is 0 Å². The molecule has 0 unspecified atom stereocenters. The number of rotatable bonds is 4. The molecule has 0 saturated heterocycles. The van der Waals surface area contributed by atoms with Crippen LogP contribution in [0, 0.1) is 0 Å². The summed E-state index contributed by atoms with van der Waals surface area (Å²) in [7, 11) is 1.64. The Morgan fingerprint density at radius 1 is 0.875 bits per heavy atom. The molecule has 0 aliphatic rings. The molecule has 0 nitrogen and oxygen atoms in total. The fourth-order valence-electron chi connectivity index (χ4n) is 1.27. The zero-order valence-corrected chi connectivity index (χ0v) is 12.5. The molecule has 0 aromatic heterocycles. The van der Waals surface area contributed by atoms with Gasteiger partial charge in [0.25, 0.3) is 0 Å². The molecule has 0 amide bonds. The maximum Gasteiger partial charge on any atom is 0.114 e. The lowest BCUT2D eigenvalue weighted by molar-refractivity contribution is 1.57. The van der Waals surface area contributed by atoms with Crippen LogP contribution in [0.3, 0.4) is 0 Å². The third-order valence-electron chi connectivity index (χ3n) is 2.46. The Labute approximate surface area is 104 Å². The molecule has 0 N–H and O–H groups in total. The van der Waals surface area contributed by atoms with Crippen LogP contribution in [0.5, 0.6) is 0 Å². The lowest BCUT2D eigenvalue weighted by Crippen LogP contribution is -2.36. The van der Waals surface area contributed by atoms with Crippen molar-refractivity contribution in [2.45, 2.75) is 27.7 Å². The lowest BCUT2D eigenvalue weighted by atomic mass is 10.4. The van der Waals surface area contributed by atoms with E-state index in [9.17, 15) is 0 Å². The minimum atomic E-state index is 0.819. The Morgan fingerprint density at radius 2 is 1.25 bits per heavy atom. The minimum absolute atomic E-state index is 0.819. The highest BCUT2D eigenvalue weighted by molar-refractivity contribution is 6.72. The van der Waals surface area contributed by atoms with Crippen molar-refractivity contribution in [2.75, 3.05) is 0 Å². The van der Waals surface area contributed by atoms with E-state index in [1.807, 2.05) is 0 Å². The van der Waals surface area contributed by atoms with Crippen molar-refractivity contribution in [3.8, 4) is 0 Å². The topological polar surface area (TPSA) is 0 Å². The van der Waals surface area contributed by atoms with E-state index in [1.54, 1.807) is 0 Å². The zero-order chi connectivity index (χ0) is 12.0. The molecular weight excluding hydrogens is 224 g/mol. The summed E-state index contributed by atoms with van der Waals surface area (Å²) in [6.45, 7) is 8.65. The summed E-state index contributed by atoms with van der Waals surface area (Å²) >= 11 is 0. The van der Waals surface area contributed by atoms with E-state index in [1.165, 1.54) is 20.8 Å². The second-order valence-electron chi connectivity index (χ2n) is 3.74. The first-order valence-corrected chi connectivity index (χ1v) is 7.56. The molecule has 1 aromatic rings. The molecule has 1 aromatic carbocycles. The van der Waals surface area contributed by atoms with Gasteiger partial charge in [-0.2, -0.15) is 0 Å². The molecule has 1 rings (SSSR count). The van der Waals surface area contributed by atoms with Crippen LogP contribution in [0.1, 0.15) is 27.7 Å². The fourth-order valence-corrected chi connectivity index (χ4v) is 3.58. The quantitative estimate of drug-likeness (QED) is 0.710. The Bertz CT molecular complexity index is 364. The van der Waals surface area contributed by atoms with Crippen molar-refractivity contribution in [2.24, 2.45) is 0 Å². The minimum Gasteiger partial charge on any atom is -0.0927 e. The average molecular weight is 242 g/mol. The van der Waals surface area contributed by atoms with Gasteiger partial charge in [0.2, 0.25) is 0 Å². The van der Waals surface area contributed by atoms with Crippen molar-refractivity contribution in [3.63, 3.8) is 0 Å². The van der Waals surface area contributed by atoms with Gasteiger partial charge in [-0.15, -0.1) is 0 Å². The summed E-state index contributed by atoms with van der Waals surface area (Å²) in [5.74, 6) is 0. The van der Waals surface area contributed by atoms with Crippen LogP contribution in [0.25, 0.3) is 0 Å². The van der Waals surface area contributed by atoms with Gasteiger partial charge in [-0.05, 0) is 27.7 Å². The van der Waals surface area contributed by atoms with E-state index >= 15 is 0 Å². The van der Waals surface area contributed by atoms with E-state index in [-0.39, 0.29) is 0 Å². The first-order valence-electron chi connectivity index (χ1n) is 5.56. The van der Waals surface area contributed by atoms with Crippen molar-refractivity contribution >= 4 is 29.4 Å². The summed E-state index contributed by atoms with van der Waals surface area (Å²) in [6.07, 6.45) is 4.42. The number of allylic oxidation sites excluding steroid dienone is 4. The molecular formula is C14H18Si2. The Kier molecular flexibility index (Phi) is 5.49.